The minimum atomic E-state index is -3.56. The number of hydrogen-bond acceptors (Lipinski definition) is 6. The summed E-state index contributed by atoms with van der Waals surface area (Å²) in [5, 5.41) is 11.7. The molecule has 1 N–H and O–H groups in total. The van der Waals surface area contributed by atoms with E-state index in [1.54, 1.807) is 6.07 Å². The molecule has 1 aliphatic rings. The predicted molar refractivity (Wildman–Crippen MR) is 110 cm³/mol. The summed E-state index contributed by atoms with van der Waals surface area (Å²) in [6.07, 6.45) is 1.06. The molecule has 1 aliphatic heterocycles. The Balaban J connectivity index is 1.81. The topological polar surface area (TPSA) is 84.4 Å². The minimum absolute atomic E-state index is 0.313. The highest BCUT2D eigenvalue weighted by atomic mass is 32.2. The van der Waals surface area contributed by atoms with Gasteiger partial charge in [0.05, 0.1) is 23.8 Å². The number of nitrogens with zero attached hydrogens (tertiary/aromatic N) is 3. The molecule has 2 heterocycles. The average molecular weight is 405 g/mol. The van der Waals surface area contributed by atoms with Crippen LogP contribution >= 0.6 is 0 Å². The van der Waals surface area contributed by atoms with Gasteiger partial charge >= 0.3 is 0 Å². The highest BCUT2D eigenvalue weighted by Crippen LogP contribution is 2.26. The van der Waals surface area contributed by atoms with Crippen LogP contribution in [-0.4, -0.2) is 55.8 Å². The van der Waals surface area contributed by atoms with Crippen molar-refractivity contribution in [1.82, 2.24) is 14.5 Å². The first-order valence-electron chi connectivity index (χ1n) is 9.64. The number of sulfonamides is 1. The Labute approximate surface area is 167 Å². The molecule has 0 bridgehead atoms. The van der Waals surface area contributed by atoms with Crippen LogP contribution in [0.1, 0.15) is 25.8 Å². The Bertz CT molecular complexity index is 892. The zero-order valence-corrected chi connectivity index (χ0v) is 17.5. The van der Waals surface area contributed by atoms with Crippen molar-refractivity contribution in [2.75, 3.05) is 38.2 Å². The lowest BCUT2D eigenvalue weighted by molar-refractivity contribution is 0.0730. The van der Waals surface area contributed by atoms with Gasteiger partial charge < -0.3 is 10.1 Å². The largest absolute Gasteiger partial charge is 0.379 e. The lowest BCUT2D eigenvalue weighted by Gasteiger charge is -2.26. The summed E-state index contributed by atoms with van der Waals surface area (Å²) in [5.41, 5.74) is 2.10. The molecule has 1 saturated heterocycles. The fourth-order valence-electron chi connectivity index (χ4n) is 3.03. The number of nitrogens with one attached hydrogen (secondary N) is 1. The SMILES string of the molecule is Cc1ccc(-c2ccc(NCCC(C)C)nn2)cc1S(=O)(=O)N1CCOCC1. The van der Waals surface area contributed by atoms with Gasteiger partial charge in [0.2, 0.25) is 10.0 Å². The summed E-state index contributed by atoms with van der Waals surface area (Å²) in [6.45, 7) is 8.62. The molecule has 0 spiro atoms. The van der Waals surface area contributed by atoms with Gasteiger partial charge in [-0.05, 0) is 43.0 Å². The molecule has 152 valence electrons. The van der Waals surface area contributed by atoms with E-state index >= 15 is 0 Å². The van der Waals surface area contributed by atoms with Crippen LogP contribution in [-0.2, 0) is 14.8 Å². The number of aromatic nitrogens is 2. The average Bonchev–Trinajstić information content (AvgIpc) is 2.69. The van der Waals surface area contributed by atoms with E-state index < -0.39 is 10.0 Å². The van der Waals surface area contributed by atoms with Crippen molar-refractivity contribution in [1.29, 1.82) is 0 Å². The first-order valence-corrected chi connectivity index (χ1v) is 11.1. The van der Waals surface area contributed by atoms with Crippen molar-refractivity contribution < 1.29 is 13.2 Å². The smallest absolute Gasteiger partial charge is 0.243 e. The van der Waals surface area contributed by atoms with Gasteiger partial charge in [-0.3, -0.25) is 0 Å². The quantitative estimate of drug-likeness (QED) is 0.764. The van der Waals surface area contributed by atoms with E-state index in [2.05, 4.69) is 29.4 Å². The first-order chi connectivity index (χ1) is 13.4. The van der Waals surface area contributed by atoms with Crippen LogP contribution in [0.3, 0.4) is 0 Å². The molecule has 28 heavy (non-hydrogen) atoms. The van der Waals surface area contributed by atoms with Crippen LogP contribution in [0.25, 0.3) is 11.3 Å². The molecular weight excluding hydrogens is 376 g/mol. The zero-order chi connectivity index (χ0) is 20.1. The molecule has 1 fully saturated rings. The zero-order valence-electron chi connectivity index (χ0n) is 16.7. The number of aryl methyl sites for hydroxylation is 1. The van der Waals surface area contributed by atoms with Crippen LogP contribution in [0.5, 0.6) is 0 Å². The van der Waals surface area contributed by atoms with Crippen LogP contribution < -0.4 is 5.32 Å². The Morgan fingerprint density at radius 1 is 1.14 bits per heavy atom. The highest BCUT2D eigenvalue weighted by Gasteiger charge is 2.28. The Kier molecular flexibility index (Phi) is 6.64. The van der Waals surface area contributed by atoms with Crippen molar-refractivity contribution in [3.05, 3.63) is 35.9 Å². The molecule has 0 saturated carbocycles. The van der Waals surface area contributed by atoms with Crippen molar-refractivity contribution in [3.8, 4) is 11.3 Å². The molecule has 1 aromatic carbocycles. The fourth-order valence-corrected chi connectivity index (χ4v) is 4.69. The second kappa shape index (κ2) is 8.98. The van der Waals surface area contributed by atoms with E-state index in [1.807, 2.05) is 31.2 Å². The Morgan fingerprint density at radius 2 is 1.89 bits per heavy atom. The predicted octanol–water partition coefficient (Wildman–Crippen LogP) is 2.93. The van der Waals surface area contributed by atoms with E-state index in [1.165, 1.54) is 4.31 Å². The van der Waals surface area contributed by atoms with Crippen LogP contribution in [0.15, 0.2) is 35.2 Å². The molecule has 0 unspecified atom stereocenters. The van der Waals surface area contributed by atoms with E-state index in [-0.39, 0.29) is 0 Å². The number of ether oxygens (including phenoxy) is 1. The third-order valence-electron chi connectivity index (χ3n) is 4.76. The minimum Gasteiger partial charge on any atom is -0.379 e. The molecule has 2 aromatic rings. The molecule has 0 atom stereocenters. The van der Waals surface area contributed by atoms with E-state index in [0.717, 1.165) is 29.9 Å². The second-order valence-corrected chi connectivity index (χ2v) is 9.32. The normalized spacial score (nSPS) is 15.7. The van der Waals surface area contributed by atoms with Gasteiger partial charge in [0, 0.05) is 25.2 Å². The summed E-state index contributed by atoms with van der Waals surface area (Å²) >= 11 is 0. The van der Waals surface area contributed by atoms with Gasteiger partial charge in [0.25, 0.3) is 0 Å². The summed E-state index contributed by atoms with van der Waals surface area (Å²) in [4.78, 5) is 0.313. The summed E-state index contributed by atoms with van der Waals surface area (Å²) in [5.74, 6) is 1.34. The standard InChI is InChI=1S/C20H28N4O3S/c1-15(2)8-9-21-20-7-6-18(22-23-20)17-5-4-16(3)19(14-17)28(25,26)24-10-12-27-13-11-24/h4-7,14-15H,8-13H2,1-3H3,(H,21,23). The van der Waals surface area contributed by atoms with Gasteiger partial charge in [-0.15, -0.1) is 10.2 Å². The van der Waals surface area contributed by atoms with Crippen LogP contribution in [0, 0.1) is 12.8 Å². The molecular formula is C20H28N4O3S. The maximum absolute atomic E-state index is 13.0. The van der Waals surface area contributed by atoms with Gasteiger partial charge in [-0.1, -0.05) is 26.0 Å². The number of morpholine rings is 1. The summed E-state index contributed by atoms with van der Waals surface area (Å²) < 4.78 is 32.8. The maximum atomic E-state index is 13.0. The van der Waals surface area contributed by atoms with Crippen molar-refractivity contribution in [2.24, 2.45) is 5.92 Å². The lowest BCUT2D eigenvalue weighted by atomic mass is 10.1. The maximum Gasteiger partial charge on any atom is 0.243 e. The molecule has 1 aromatic heterocycles. The van der Waals surface area contributed by atoms with E-state index in [0.29, 0.717) is 42.8 Å². The highest BCUT2D eigenvalue weighted by molar-refractivity contribution is 7.89. The number of benzene rings is 1. The first kappa shape index (κ1) is 20.7. The number of hydrogen-bond donors (Lipinski definition) is 1. The van der Waals surface area contributed by atoms with Gasteiger partial charge in [-0.25, -0.2) is 8.42 Å². The second-order valence-electron chi connectivity index (χ2n) is 7.41. The van der Waals surface area contributed by atoms with Crippen molar-refractivity contribution >= 4 is 15.8 Å². The van der Waals surface area contributed by atoms with E-state index in [4.69, 9.17) is 4.74 Å². The number of rotatable bonds is 7. The third-order valence-corrected chi connectivity index (χ3v) is 6.80. The molecule has 8 heteroatoms. The summed E-state index contributed by atoms with van der Waals surface area (Å²) in [7, 11) is -3.56. The third kappa shape index (κ3) is 4.87. The van der Waals surface area contributed by atoms with Gasteiger partial charge in [-0.2, -0.15) is 4.31 Å². The van der Waals surface area contributed by atoms with Gasteiger partial charge in [0.15, 0.2) is 0 Å². The van der Waals surface area contributed by atoms with Crippen molar-refractivity contribution in [2.45, 2.75) is 32.1 Å². The van der Waals surface area contributed by atoms with Crippen molar-refractivity contribution in [3.63, 3.8) is 0 Å². The lowest BCUT2D eigenvalue weighted by Crippen LogP contribution is -2.40. The fraction of sp³-hybridized carbons (Fsp3) is 0.500. The van der Waals surface area contributed by atoms with Gasteiger partial charge in [0.1, 0.15) is 5.82 Å². The van der Waals surface area contributed by atoms with E-state index in [9.17, 15) is 8.42 Å². The van der Waals surface area contributed by atoms with Crippen LogP contribution in [0.2, 0.25) is 0 Å². The van der Waals surface area contributed by atoms with Crippen LogP contribution in [0.4, 0.5) is 5.82 Å². The molecule has 0 aliphatic carbocycles. The Hall–Kier alpha value is -2.03. The molecule has 7 nitrogen and oxygen atoms in total. The number of anilines is 1. The molecule has 3 rings (SSSR count). The summed E-state index contributed by atoms with van der Waals surface area (Å²) in [6, 6.07) is 9.12. The molecule has 0 radical (unpaired) electrons. The monoisotopic (exact) mass is 404 g/mol. The molecule has 0 amide bonds. The Morgan fingerprint density at radius 3 is 2.54 bits per heavy atom.